The smallest absolute Gasteiger partial charge is 0.119 e. The number of hydrogen-bond donors (Lipinski definition) is 0. The van der Waals surface area contributed by atoms with Crippen LogP contribution in [0.3, 0.4) is 0 Å². The van der Waals surface area contributed by atoms with E-state index < -0.39 is 0 Å². The van der Waals surface area contributed by atoms with E-state index in [4.69, 9.17) is 21.1 Å². The fourth-order valence-electron chi connectivity index (χ4n) is 2.71. The van der Waals surface area contributed by atoms with Crippen LogP contribution >= 0.6 is 11.6 Å². The molecule has 0 amide bonds. The van der Waals surface area contributed by atoms with Crippen molar-refractivity contribution in [2.75, 3.05) is 19.6 Å². The first kappa shape index (κ1) is 12.8. The predicted octanol–water partition coefficient (Wildman–Crippen LogP) is 4.16. The second-order valence-corrected chi connectivity index (χ2v) is 5.28. The third-order valence-corrected chi connectivity index (χ3v) is 4.21. The minimum absolute atomic E-state index is 0.143. The molecule has 0 aliphatic carbocycles. The highest BCUT2D eigenvalue weighted by Gasteiger charge is 2.28. The maximum absolute atomic E-state index is 6.01. The number of fused-ring (bicyclic) bond motifs is 1. The van der Waals surface area contributed by atoms with Gasteiger partial charge in [0.1, 0.15) is 5.75 Å². The van der Waals surface area contributed by atoms with Crippen LogP contribution in [0.1, 0.15) is 18.1 Å². The summed E-state index contributed by atoms with van der Waals surface area (Å²) in [5, 5.41) is 2.39. The van der Waals surface area contributed by atoms with Gasteiger partial charge < -0.3 is 9.47 Å². The number of rotatable bonds is 3. The highest BCUT2D eigenvalue weighted by Crippen LogP contribution is 2.36. The summed E-state index contributed by atoms with van der Waals surface area (Å²) in [6.45, 7) is 0.808. The molecule has 100 valence electrons. The molecule has 0 N–H and O–H groups in total. The van der Waals surface area contributed by atoms with Crippen LogP contribution < -0.4 is 4.74 Å². The van der Waals surface area contributed by atoms with Gasteiger partial charge in [-0.1, -0.05) is 18.2 Å². The third-order valence-electron chi connectivity index (χ3n) is 3.81. The summed E-state index contributed by atoms with van der Waals surface area (Å²) in [5.41, 5.74) is 1.22. The molecule has 2 aromatic carbocycles. The predicted molar refractivity (Wildman–Crippen MR) is 78.0 cm³/mol. The number of benzene rings is 2. The Morgan fingerprint density at radius 3 is 2.79 bits per heavy atom. The highest BCUT2D eigenvalue weighted by atomic mass is 35.5. The number of methoxy groups -OCH3 is 1. The van der Waals surface area contributed by atoms with E-state index in [0.29, 0.717) is 11.8 Å². The molecule has 1 fully saturated rings. The van der Waals surface area contributed by atoms with Gasteiger partial charge >= 0.3 is 0 Å². The van der Waals surface area contributed by atoms with Crippen molar-refractivity contribution in [3.63, 3.8) is 0 Å². The summed E-state index contributed by atoms with van der Waals surface area (Å²) in [7, 11) is 1.69. The lowest BCUT2D eigenvalue weighted by molar-refractivity contribution is 0.0953. The summed E-state index contributed by atoms with van der Waals surface area (Å²) in [4.78, 5) is 0. The van der Waals surface area contributed by atoms with E-state index in [1.54, 1.807) is 7.11 Å². The normalized spacial score (nSPS) is 22.8. The first-order valence-electron chi connectivity index (χ1n) is 6.57. The molecular formula is C16H17ClO2. The van der Waals surface area contributed by atoms with Crippen molar-refractivity contribution in [2.24, 2.45) is 5.92 Å². The van der Waals surface area contributed by atoms with Crippen LogP contribution in [-0.4, -0.2) is 19.6 Å². The Morgan fingerprint density at radius 1 is 1.21 bits per heavy atom. The topological polar surface area (TPSA) is 18.5 Å². The summed E-state index contributed by atoms with van der Waals surface area (Å²) in [6.07, 6.45) is 1.19. The Kier molecular flexibility index (Phi) is 3.63. The van der Waals surface area contributed by atoms with Gasteiger partial charge in [0.25, 0.3) is 0 Å². The van der Waals surface area contributed by atoms with Crippen LogP contribution in [0.25, 0.3) is 10.8 Å². The van der Waals surface area contributed by atoms with Crippen LogP contribution in [0.2, 0.25) is 0 Å². The van der Waals surface area contributed by atoms with Gasteiger partial charge in [0.15, 0.2) is 0 Å². The summed E-state index contributed by atoms with van der Waals surface area (Å²) < 4.78 is 11.1. The van der Waals surface area contributed by atoms with Crippen molar-refractivity contribution in [3.05, 3.63) is 42.0 Å². The zero-order valence-corrected chi connectivity index (χ0v) is 11.7. The lowest BCUT2D eigenvalue weighted by Gasteiger charge is -2.17. The van der Waals surface area contributed by atoms with Gasteiger partial charge in [0.05, 0.1) is 13.2 Å². The molecule has 2 nitrogen and oxygen atoms in total. The molecular weight excluding hydrogens is 260 g/mol. The maximum Gasteiger partial charge on any atom is 0.119 e. The average Bonchev–Trinajstić information content (AvgIpc) is 2.94. The van der Waals surface area contributed by atoms with E-state index in [0.717, 1.165) is 18.8 Å². The Balaban J connectivity index is 1.97. The Bertz CT molecular complexity index is 582. The third kappa shape index (κ3) is 2.43. The minimum atomic E-state index is 0.143. The van der Waals surface area contributed by atoms with Crippen molar-refractivity contribution in [2.45, 2.75) is 12.5 Å². The quantitative estimate of drug-likeness (QED) is 0.784. The fourth-order valence-corrected chi connectivity index (χ4v) is 3.02. The summed E-state index contributed by atoms with van der Waals surface area (Å²) in [5.74, 6) is 1.97. The van der Waals surface area contributed by atoms with Crippen LogP contribution in [0.5, 0.6) is 5.75 Å². The first-order valence-corrected chi connectivity index (χ1v) is 7.10. The number of hydrogen-bond acceptors (Lipinski definition) is 2. The molecule has 2 aromatic rings. The molecule has 1 heterocycles. The average molecular weight is 277 g/mol. The van der Waals surface area contributed by atoms with E-state index in [9.17, 15) is 0 Å². The number of alkyl halides is 1. The van der Waals surface area contributed by atoms with Crippen LogP contribution in [0, 0.1) is 5.92 Å². The van der Waals surface area contributed by atoms with Crippen molar-refractivity contribution in [3.8, 4) is 5.75 Å². The highest BCUT2D eigenvalue weighted by molar-refractivity contribution is 6.18. The summed E-state index contributed by atoms with van der Waals surface area (Å²) >= 11 is 6.01. The van der Waals surface area contributed by atoms with E-state index in [2.05, 4.69) is 24.3 Å². The standard InChI is InChI=1S/C16H17ClO2/c1-18-15-5-4-11-8-13(3-2-12(11)9-15)16-14(10-17)6-7-19-16/h2-5,8-9,14,16H,6-7,10H2,1H3. The zero-order valence-electron chi connectivity index (χ0n) is 10.9. The molecule has 19 heavy (non-hydrogen) atoms. The molecule has 3 rings (SSSR count). The maximum atomic E-state index is 6.01. The second-order valence-electron chi connectivity index (χ2n) is 4.97. The molecule has 0 saturated carbocycles. The lowest BCUT2D eigenvalue weighted by atomic mass is 9.95. The van der Waals surface area contributed by atoms with Gasteiger partial charge in [-0.15, -0.1) is 11.6 Å². The Hall–Kier alpha value is -1.25. The largest absolute Gasteiger partial charge is 0.497 e. The molecule has 2 unspecified atom stereocenters. The Morgan fingerprint density at radius 2 is 2.00 bits per heavy atom. The van der Waals surface area contributed by atoms with Crippen molar-refractivity contribution >= 4 is 22.4 Å². The minimum Gasteiger partial charge on any atom is -0.497 e. The summed E-state index contributed by atoms with van der Waals surface area (Å²) in [6, 6.07) is 12.6. The molecule has 0 spiro atoms. The van der Waals surface area contributed by atoms with E-state index in [1.165, 1.54) is 16.3 Å². The van der Waals surface area contributed by atoms with E-state index >= 15 is 0 Å². The van der Waals surface area contributed by atoms with Crippen molar-refractivity contribution in [1.29, 1.82) is 0 Å². The van der Waals surface area contributed by atoms with Crippen molar-refractivity contribution in [1.82, 2.24) is 0 Å². The fraction of sp³-hybridized carbons (Fsp3) is 0.375. The monoisotopic (exact) mass is 276 g/mol. The van der Waals surface area contributed by atoms with Gasteiger partial charge in [-0.2, -0.15) is 0 Å². The van der Waals surface area contributed by atoms with Gasteiger partial charge in [0.2, 0.25) is 0 Å². The van der Waals surface area contributed by atoms with Gasteiger partial charge in [-0.3, -0.25) is 0 Å². The van der Waals surface area contributed by atoms with Crippen LogP contribution in [-0.2, 0) is 4.74 Å². The number of ether oxygens (including phenoxy) is 2. The molecule has 1 aliphatic heterocycles. The second kappa shape index (κ2) is 5.40. The first-order chi connectivity index (χ1) is 9.31. The molecule has 0 bridgehead atoms. The zero-order chi connectivity index (χ0) is 13.2. The molecule has 0 aromatic heterocycles. The molecule has 2 atom stereocenters. The molecule has 1 aliphatic rings. The molecule has 1 saturated heterocycles. The van der Waals surface area contributed by atoms with Crippen LogP contribution in [0.4, 0.5) is 0 Å². The Labute approximate surface area is 118 Å². The van der Waals surface area contributed by atoms with Gasteiger partial charge in [-0.05, 0) is 41.0 Å². The van der Waals surface area contributed by atoms with E-state index in [-0.39, 0.29) is 6.10 Å². The molecule has 3 heteroatoms. The van der Waals surface area contributed by atoms with Gasteiger partial charge in [0, 0.05) is 18.4 Å². The van der Waals surface area contributed by atoms with E-state index in [1.807, 2.05) is 12.1 Å². The van der Waals surface area contributed by atoms with Gasteiger partial charge in [-0.25, -0.2) is 0 Å². The SMILES string of the molecule is COc1ccc2cc(C3OCCC3CCl)ccc2c1. The number of halogens is 1. The van der Waals surface area contributed by atoms with Crippen LogP contribution in [0.15, 0.2) is 36.4 Å². The lowest BCUT2D eigenvalue weighted by Crippen LogP contribution is -2.08. The van der Waals surface area contributed by atoms with Crippen molar-refractivity contribution < 1.29 is 9.47 Å². The molecule has 0 radical (unpaired) electrons.